The molecule has 1 aliphatic heterocycles. The predicted octanol–water partition coefficient (Wildman–Crippen LogP) is 2.99. The molecule has 0 aromatic rings. The molecule has 1 heterocycles. The third-order valence-corrected chi connectivity index (χ3v) is 5.75. The largest absolute Gasteiger partial charge is 0.362 e. The zero-order valence-electron chi connectivity index (χ0n) is 10.2. The van der Waals surface area contributed by atoms with E-state index in [0.717, 1.165) is 23.8 Å². The first-order valence-corrected chi connectivity index (χ1v) is 8.53. The van der Waals surface area contributed by atoms with Gasteiger partial charge < -0.3 is 5.32 Å². The van der Waals surface area contributed by atoms with Crippen LogP contribution in [0.3, 0.4) is 0 Å². The highest BCUT2D eigenvalue weighted by Gasteiger charge is 2.31. The van der Waals surface area contributed by atoms with Crippen LogP contribution in [-0.2, 0) is 0 Å². The number of hydrogen-bond donors (Lipinski definition) is 1. The van der Waals surface area contributed by atoms with E-state index in [-0.39, 0.29) is 0 Å². The molecule has 2 aliphatic rings. The van der Waals surface area contributed by atoms with Crippen molar-refractivity contribution in [2.45, 2.75) is 43.9 Å². The van der Waals surface area contributed by atoms with E-state index in [0.29, 0.717) is 0 Å². The van der Waals surface area contributed by atoms with E-state index in [1.165, 1.54) is 36.6 Å². The maximum atomic E-state index is 4.69. The van der Waals surface area contributed by atoms with Gasteiger partial charge in [-0.1, -0.05) is 25.1 Å². The topological polar surface area (TPSA) is 24.4 Å². The fraction of sp³-hybridized carbons (Fsp3) is 0.917. The van der Waals surface area contributed by atoms with Crippen LogP contribution < -0.4 is 5.32 Å². The van der Waals surface area contributed by atoms with E-state index in [2.05, 4.69) is 23.5 Å². The quantitative estimate of drug-likeness (QED) is 0.839. The molecule has 2 rings (SSSR count). The van der Waals surface area contributed by atoms with E-state index < -0.39 is 0 Å². The summed E-state index contributed by atoms with van der Waals surface area (Å²) >= 11 is 3.86. The summed E-state index contributed by atoms with van der Waals surface area (Å²) < 4.78 is 0. The van der Waals surface area contributed by atoms with Gasteiger partial charge in [0, 0.05) is 23.6 Å². The number of rotatable bonds is 4. The van der Waals surface area contributed by atoms with Crippen molar-refractivity contribution in [3.63, 3.8) is 0 Å². The lowest BCUT2D eigenvalue weighted by Crippen LogP contribution is -2.41. The second kappa shape index (κ2) is 6.20. The molecule has 0 radical (unpaired) electrons. The molecule has 0 aromatic heterocycles. The summed E-state index contributed by atoms with van der Waals surface area (Å²) in [6, 6.07) is 0.734. The van der Waals surface area contributed by atoms with Gasteiger partial charge in [0.15, 0.2) is 5.17 Å². The number of nitrogens with zero attached hydrogens (tertiary/aromatic N) is 1. The van der Waals surface area contributed by atoms with Crippen molar-refractivity contribution in [1.82, 2.24) is 5.32 Å². The molecule has 0 spiro atoms. The van der Waals surface area contributed by atoms with Crippen LogP contribution in [0.2, 0.25) is 0 Å². The van der Waals surface area contributed by atoms with Gasteiger partial charge in [-0.2, -0.15) is 11.8 Å². The van der Waals surface area contributed by atoms with Crippen LogP contribution in [0, 0.1) is 5.92 Å². The molecular weight excluding hydrogens is 236 g/mol. The first kappa shape index (κ1) is 12.6. The van der Waals surface area contributed by atoms with Crippen LogP contribution >= 0.6 is 23.5 Å². The zero-order chi connectivity index (χ0) is 11.4. The molecule has 16 heavy (non-hydrogen) atoms. The molecule has 4 heteroatoms. The van der Waals surface area contributed by atoms with Crippen molar-refractivity contribution < 1.29 is 0 Å². The van der Waals surface area contributed by atoms with E-state index in [1.54, 1.807) is 0 Å². The third kappa shape index (κ3) is 3.33. The summed E-state index contributed by atoms with van der Waals surface area (Å²) in [6.07, 6.45) is 7.54. The predicted molar refractivity (Wildman–Crippen MR) is 76.6 cm³/mol. The van der Waals surface area contributed by atoms with Crippen LogP contribution in [0.15, 0.2) is 4.99 Å². The minimum atomic E-state index is 0.733. The number of fused-ring (bicyclic) bond motifs is 1. The molecule has 1 saturated carbocycles. The monoisotopic (exact) mass is 258 g/mol. The van der Waals surface area contributed by atoms with Crippen molar-refractivity contribution >= 4 is 28.7 Å². The molecule has 1 aliphatic carbocycles. The summed E-state index contributed by atoms with van der Waals surface area (Å²) in [4.78, 5) is 4.69. The molecule has 2 nitrogen and oxygen atoms in total. The Labute approximate surface area is 107 Å². The lowest BCUT2D eigenvalue weighted by Gasteiger charge is -2.28. The summed E-state index contributed by atoms with van der Waals surface area (Å²) in [7, 11) is 0. The second-order valence-electron chi connectivity index (χ2n) is 4.77. The summed E-state index contributed by atoms with van der Waals surface area (Å²) in [5, 5.41) is 5.55. The maximum Gasteiger partial charge on any atom is 0.156 e. The van der Waals surface area contributed by atoms with E-state index in [4.69, 9.17) is 0 Å². The SMILES string of the molecule is CSC(C)CCN=C1NC2CCCC2CS1. The highest BCUT2D eigenvalue weighted by molar-refractivity contribution is 8.13. The molecule has 2 fully saturated rings. The Kier molecular flexibility index (Phi) is 4.89. The minimum absolute atomic E-state index is 0.733. The van der Waals surface area contributed by atoms with Gasteiger partial charge >= 0.3 is 0 Å². The standard InChI is InChI=1S/C12H22N2S2/c1-9(15-2)6-7-13-12-14-11-5-3-4-10(11)8-16-12/h9-11H,3-8H2,1-2H3,(H,13,14). The van der Waals surface area contributed by atoms with Gasteiger partial charge in [-0.25, -0.2) is 0 Å². The van der Waals surface area contributed by atoms with Gasteiger partial charge in [-0.15, -0.1) is 0 Å². The molecule has 1 saturated heterocycles. The van der Waals surface area contributed by atoms with Crippen LogP contribution in [0.1, 0.15) is 32.6 Å². The van der Waals surface area contributed by atoms with E-state index >= 15 is 0 Å². The zero-order valence-corrected chi connectivity index (χ0v) is 11.9. The Hall–Kier alpha value is 0.170. The average molecular weight is 258 g/mol. The normalized spacial score (nSPS) is 33.5. The molecule has 1 N–H and O–H groups in total. The molecular formula is C12H22N2S2. The molecule has 3 unspecified atom stereocenters. The van der Waals surface area contributed by atoms with Crippen LogP contribution in [0.4, 0.5) is 0 Å². The average Bonchev–Trinajstić information content (AvgIpc) is 2.76. The van der Waals surface area contributed by atoms with Gasteiger partial charge in [0.1, 0.15) is 0 Å². The Balaban J connectivity index is 1.75. The van der Waals surface area contributed by atoms with Crippen molar-refractivity contribution in [2.75, 3.05) is 18.6 Å². The molecule has 0 bridgehead atoms. The van der Waals surface area contributed by atoms with Crippen molar-refractivity contribution in [3.8, 4) is 0 Å². The van der Waals surface area contributed by atoms with Crippen molar-refractivity contribution in [2.24, 2.45) is 10.9 Å². The van der Waals surface area contributed by atoms with Gasteiger partial charge in [-0.05, 0) is 31.4 Å². The van der Waals surface area contributed by atoms with Gasteiger partial charge in [0.05, 0.1) is 0 Å². The minimum Gasteiger partial charge on any atom is -0.362 e. The fourth-order valence-electron chi connectivity index (χ4n) is 2.37. The number of amidine groups is 1. The van der Waals surface area contributed by atoms with Crippen LogP contribution in [-0.4, -0.2) is 35.0 Å². The first-order chi connectivity index (χ1) is 7.79. The summed E-state index contributed by atoms with van der Waals surface area (Å²) in [5.41, 5.74) is 0. The first-order valence-electron chi connectivity index (χ1n) is 6.26. The fourth-order valence-corrected chi connectivity index (χ4v) is 3.90. The number of hydrogen-bond acceptors (Lipinski definition) is 3. The highest BCUT2D eigenvalue weighted by Crippen LogP contribution is 2.32. The van der Waals surface area contributed by atoms with Gasteiger partial charge in [0.2, 0.25) is 0 Å². The third-order valence-electron chi connectivity index (χ3n) is 3.60. The Bertz CT molecular complexity index is 255. The van der Waals surface area contributed by atoms with E-state index in [9.17, 15) is 0 Å². The van der Waals surface area contributed by atoms with Crippen LogP contribution in [0.25, 0.3) is 0 Å². The molecule has 92 valence electrons. The Morgan fingerprint density at radius 3 is 3.25 bits per heavy atom. The lowest BCUT2D eigenvalue weighted by molar-refractivity contribution is 0.489. The van der Waals surface area contributed by atoms with E-state index in [1.807, 2.05) is 23.5 Å². The Morgan fingerprint density at radius 2 is 2.44 bits per heavy atom. The van der Waals surface area contributed by atoms with Crippen LogP contribution in [0.5, 0.6) is 0 Å². The summed E-state index contributed by atoms with van der Waals surface area (Å²) in [5.74, 6) is 2.20. The smallest absolute Gasteiger partial charge is 0.156 e. The molecule has 0 amide bonds. The summed E-state index contributed by atoms with van der Waals surface area (Å²) in [6.45, 7) is 3.26. The second-order valence-corrected chi connectivity index (χ2v) is 7.06. The highest BCUT2D eigenvalue weighted by atomic mass is 32.2. The number of nitrogens with one attached hydrogen (secondary N) is 1. The van der Waals surface area contributed by atoms with Crippen molar-refractivity contribution in [3.05, 3.63) is 0 Å². The lowest BCUT2D eigenvalue weighted by atomic mass is 10.1. The van der Waals surface area contributed by atoms with Gasteiger partial charge in [0.25, 0.3) is 0 Å². The van der Waals surface area contributed by atoms with Gasteiger partial charge in [-0.3, -0.25) is 4.99 Å². The van der Waals surface area contributed by atoms with Crippen molar-refractivity contribution in [1.29, 1.82) is 0 Å². The molecule has 3 atom stereocenters. The Morgan fingerprint density at radius 1 is 1.56 bits per heavy atom. The number of thioether (sulfide) groups is 2. The molecule has 0 aromatic carbocycles. The maximum absolute atomic E-state index is 4.69. The number of aliphatic imine (C=N–C) groups is 1.